The maximum Gasteiger partial charge on any atom is 0.195 e. The van der Waals surface area contributed by atoms with Crippen LogP contribution in [0.1, 0.15) is 31.1 Å². The van der Waals surface area contributed by atoms with Crippen molar-refractivity contribution < 1.29 is 4.42 Å². The van der Waals surface area contributed by atoms with Crippen molar-refractivity contribution in [2.24, 2.45) is 5.73 Å². The number of anilines is 1. The Kier molecular flexibility index (Phi) is 2.93. The van der Waals surface area contributed by atoms with Crippen LogP contribution in [0.2, 0.25) is 0 Å². The smallest absolute Gasteiger partial charge is 0.195 e. The summed E-state index contributed by atoms with van der Waals surface area (Å²) in [6.07, 6.45) is 3.71. The third-order valence-electron chi connectivity index (χ3n) is 2.73. The van der Waals surface area contributed by atoms with Crippen LogP contribution in [0.15, 0.2) is 16.5 Å². The summed E-state index contributed by atoms with van der Waals surface area (Å²) in [5.74, 6) is 1.40. The average Bonchev–Trinajstić information content (AvgIpc) is 2.78. The van der Waals surface area contributed by atoms with Gasteiger partial charge in [0.05, 0.1) is 6.07 Å². The number of hydrogen-bond donors (Lipinski definition) is 1. The fraction of sp³-hybridized carbons (Fsp3) is 0.545. The van der Waals surface area contributed by atoms with Gasteiger partial charge in [0.2, 0.25) is 0 Å². The minimum atomic E-state index is -0.649. The second-order valence-electron chi connectivity index (χ2n) is 3.83. The van der Waals surface area contributed by atoms with Crippen LogP contribution in [0, 0.1) is 11.3 Å². The lowest BCUT2D eigenvalue weighted by Gasteiger charge is -2.25. The Hall–Kier alpha value is -1.47. The van der Waals surface area contributed by atoms with Crippen LogP contribution in [0.5, 0.6) is 0 Å². The molecule has 0 radical (unpaired) electrons. The fourth-order valence-corrected chi connectivity index (χ4v) is 1.86. The first-order chi connectivity index (χ1) is 7.31. The minimum Gasteiger partial charge on any atom is -0.443 e. The SMILES string of the molecule is N#C[C@H](N)c1ccc(N2CCCCC2)o1. The normalized spacial score (nSPS) is 18.5. The van der Waals surface area contributed by atoms with Crippen LogP contribution >= 0.6 is 0 Å². The molecule has 4 nitrogen and oxygen atoms in total. The van der Waals surface area contributed by atoms with Crippen molar-refractivity contribution >= 4 is 5.88 Å². The summed E-state index contributed by atoms with van der Waals surface area (Å²) in [5.41, 5.74) is 5.56. The first-order valence-corrected chi connectivity index (χ1v) is 5.31. The topological polar surface area (TPSA) is 66.2 Å². The van der Waals surface area contributed by atoms with E-state index in [-0.39, 0.29) is 0 Å². The zero-order chi connectivity index (χ0) is 10.7. The Morgan fingerprint density at radius 2 is 2.07 bits per heavy atom. The standard InChI is InChI=1S/C11H15N3O/c12-8-9(13)10-4-5-11(15-10)14-6-2-1-3-7-14/h4-5,9H,1-3,6-7,13H2/t9-/m0/s1. The molecule has 1 aromatic rings. The highest BCUT2D eigenvalue weighted by Crippen LogP contribution is 2.24. The molecule has 0 aromatic carbocycles. The summed E-state index contributed by atoms with van der Waals surface area (Å²) in [6.45, 7) is 2.07. The number of nitrogens with zero attached hydrogens (tertiary/aromatic N) is 2. The molecule has 4 heteroatoms. The second kappa shape index (κ2) is 4.37. The van der Waals surface area contributed by atoms with Crippen molar-refractivity contribution in [2.45, 2.75) is 25.3 Å². The highest BCUT2D eigenvalue weighted by Gasteiger charge is 2.16. The zero-order valence-electron chi connectivity index (χ0n) is 8.65. The maximum absolute atomic E-state index is 8.66. The minimum absolute atomic E-state index is 0.554. The predicted molar refractivity (Wildman–Crippen MR) is 57.3 cm³/mol. The molecule has 0 unspecified atom stereocenters. The van der Waals surface area contributed by atoms with Crippen molar-refractivity contribution in [3.8, 4) is 6.07 Å². The Labute approximate surface area is 89.3 Å². The van der Waals surface area contributed by atoms with E-state index >= 15 is 0 Å². The molecule has 1 aliphatic heterocycles. The van der Waals surface area contributed by atoms with E-state index in [0.29, 0.717) is 5.76 Å². The van der Waals surface area contributed by atoms with E-state index in [0.717, 1.165) is 19.0 Å². The summed E-state index contributed by atoms with van der Waals surface area (Å²) in [5, 5.41) is 8.66. The Morgan fingerprint density at radius 1 is 1.33 bits per heavy atom. The number of rotatable bonds is 2. The Morgan fingerprint density at radius 3 is 2.73 bits per heavy atom. The van der Waals surface area contributed by atoms with Crippen LogP contribution in [-0.4, -0.2) is 13.1 Å². The van der Waals surface area contributed by atoms with Crippen LogP contribution in [0.25, 0.3) is 0 Å². The molecule has 80 valence electrons. The summed E-state index contributed by atoms with van der Waals surface area (Å²) in [6, 6.07) is 5.00. The molecule has 1 aromatic heterocycles. The molecular weight excluding hydrogens is 190 g/mol. The summed E-state index contributed by atoms with van der Waals surface area (Å²) in [7, 11) is 0. The summed E-state index contributed by atoms with van der Waals surface area (Å²) >= 11 is 0. The van der Waals surface area contributed by atoms with Gasteiger partial charge in [-0.2, -0.15) is 5.26 Å². The molecule has 0 bridgehead atoms. The number of nitrogens with two attached hydrogens (primary N) is 1. The molecule has 1 atom stereocenters. The first kappa shape index (κ1) is 10.1. The average molecular weight is 205 g/mol. The van der Waals surface area contributed by atoms with E-state index < -0.39 is 6.04 Å². The predicted octanol–water partition coefficient (Wildman–Crippen LogP) is 1.79. The molecule has 0 spiro atoms. The van der Waals surface area contributed by atoms with Gasteiger partial charge in [-0.25, -0.2) is 0 Å². The highest BCUT2D eigenvalue weighted by atomic mass is 16.4. The molecule has 1 saturated heterocycles. The van der Waals surface area contributed by atoms with E-state index in [4.69, 9.17) is 15.4 Å². The maximum atomic E-state index is 8.66. The van der Waals surface area contributed by atoms with Gasteiger partial charge in [0.25, 0.3) is 0 Å². The molecule has 1 aliphatic rings. The number of piperidine rings is 1. The number of furan rings is 1. The van der Waals surface area contributed by atoms with E-state index in [9.17, 15) is 0 Å². The summed E-state index contributed by atoms with van der Waals surface area (Å²) in [4.78, 5) is 2.21. The Balaban J connectivity index is 2.09. The number of hydrogen-bond acceptors (Lipinski definition) is 4. The number of nitriles is 1. The van der Waals surface area contributed by atoms with E-state index in [1.807, 2.05) is 12.1 Å². The molecule has 15 heavy (non-hydrogen) atoms. The zero-order valence-corrected chi connectivity index (χ0v) is 8.65. The summed E-state index contributed by atoms with van der Waals surface area (Å²) < 4.78 is 5.55. The molecule has 2 rings (SSSR count). The third kappa shape index (κ3) is 2.13. The molecule has 1 fully saturated rings. The highest BCUT2D eigenvalue weighted by molar-refractivity contribution is 5.37. The van der Waals surface area contributed by atoms with E-state index in [1.165, 1.54) is 19.3 Å². The van der Waals surface area contributed by atoms with Gasteiger partial charge in [-0.05, 0) is 25.3 Å². The lowest BCUT2D eigenvalue weighted by molar-refractivity contribution is 0.464. The van der Waals surface area contributed by atoms with Gasteiger partial charge in [-0.15, -0.1) is 0 Å². The van der Waals surface area contributed by atoms with Crippen LogP contribution in [0.3, 0.4) is 0 Å². The van der Waals surface area contributed by atoms with Crippen molar-refractivity contribution in [3.63, 3.8) is 0 Å². The van der Waals surface area contributed by atoms with E-state index in [1.54, 1.807) is 6.07 Å². The molecule has 0 aliphatic carbocycles. The van der Waals surface area contributed by atoms with Gasteiger partial charge in [-0.3, -0.25) is 0 Å². The Bertz CT molecular complexity index is 360. The van der Waals surface area contributed by atoms with Gasteiger partial charge < -0.3 is 15.1 Å². The van der Waals surface area contributed by atoms with Crippen LogP contribution < -0.4 is 10.6 Å². The molecule has 2 heterocycles. The van der Waals surface area contributed by atoms with Gasteiger partial charge in [0.1, 0.15) is 5.76 Å². The fourth-order valence-electron chi connectivity index (χ4n) is 1.86. The van der Waals surface area contributed by atoms with E-state index in [2.05, 4.69) is 4.90 Å². The van der Waals surface area contributed by atoms with Gasteiger partial charge in [0, 0.05) is 19.2 Å². The molecular formula is C11H15N3O. The quantitative estimate of drug-likeness (QED) is 0.799. The van der Waals surface area contributed by atoms with Crippen LogP contribution in [-0.2, 0) is 0 Å². The second-order valence-corrected chi connectivity index (χ2v) is 3.83. The van der Waals surface area contributed by atoms with Crippen molar-refractivity contribution in [2.75, 3.05) is 18.0 Å². The van der Waals surface area contributed by atoms with Gasteiger partial charge in [0.15, 0.2) is 11.9 Å². The van der Waals surface area contributed by atoms with Crippen molar-refractivity contribution in [1.82, 2.24) is 0 Å². The van der Waals surface area contributed by atoms with Gasteiger partial charge in [-0.1, -0.05) is 0 Å². The van der Waals surface area contributed by atoms with Crippen molar-refractivity contribution in [3.05, 3.63) is 17.9 Å². The van der Waals surface area contributed by atoms with Crippen LogP contribution in [0.4, 0.5) is 5.88 Å². The van der Waals surface area contributed by atoms with Gasteiger partial charge >= 0.3 is 0 Å². The lowest BCUT2D eigenvalue weighted by atomic mass is 10.1. The molecule has 2 N–H and O–H groups in total. The monoisotopic (exact) mass is 205 g/mol. The third-order valence-corrected chi connectivity index (χ3v) is 2.73. The molecule has 0 amide bonds. The lowest BCUT2D eigenvalue weighted by Crippen LogP contribution is -2.28. The van der Waals surface area contributed by atoms with Crippen molar-refractivity contribution in [1.29, 1.82) is 5.26 Å². The largest absolute Gasteiger partial charge is 0.443 e. The molecule has 0 saturated carbocycles. The first-order valence-electron chi connectivity index (χ1n) is 5.31.